The van der Waals surface area contributed by atoms with Crippen LogP contribution in [0.25, 0.3) is 0 Å². The van der Waals surface area contributed by atoms with Crippen LogP contribution >= 0.6 is 0 Å². The monoisotopic (exact) mass is 246 g/mol. The van der Waals surface area contributed by atoms with Gasteiger partial charge in [0.25, 0.3) is 0 Å². The summed E-state index contributed by atoms with van der Waals surface area (Å²) < 4.78 is 0. The molecule has 1 saturated carbocycles. The molecule has 0 atom stereocenters. The van der Waals surface area contributed by atoms with Gasteiger partial charge in [-0.3, -0.25) is 4.79 Å². The van der Waals surface area contributed by atoms with Gasteiger partial charge in [-0.1, -0.05) is 30.3 Å². The van der Waals surface area contributed by atoms with Gasteiger partial charge in [-0.25, -0.2) is 0 Å². The second kappa shape index (κ2) is 6.66. The van der Waals surface area contributed by atoms with Crippen molar-refractivity contribution in [2.24, 2.45) is 0 Å². The number of rotatable bonds is 5. The van der Waals surface area contributed by atoms with Gasteiger partial charge in [0.05, 0.1) is 6.54 Å². The number of carbonyl (C=O) groups excluding carboxylic acids is 1. The van der Waals surface area contributed by atoms with Crippen LogP contribution in [0.3, 0.4) is 0 Å². The van der Waals surface area contributed by atoms with Crippen LogP contribution in [0.15, 0.2) is 30.3 Å². The first kappa shape index (κ1) is 13.2. The fourth-order valence-corrected chi connectivity index (χ4v) is 2.55. The van der Waals surface area contributed by atoms with Gasteiger partial charge in [0, 0.05) is 17.6 Å². The standard InChI is InChI=1S/C15H22N2O/c1-16-13-7-9-14(10-8-13)17-11-15(18)12-5-3-2-4-6-12/h2-6,13-14,16-17H,7-11H2,1H3. The lowest BCUT2D eigenvalue weighted by molar-refractivity contribution is 0.0984. The molecule has 1 fully saturated rings. The molecule has 0 aromatic heterocycles. The zero-order valence-corrected chi connectivity index (χ0v) is 11.0. The first-order chi connectivity index (χ1) is 8.79. The number of hydrogen-bond acceptors (Lipinski definition) is 3. The third kappa shape index (κ3) is 3.65. The number of carbonyl (C=O) groups is 1. The lowest BCUT2D eigenvalue weighted by Crippen LogP contribution is -2.40. The lowest BCUT2D eigenvalue weighted by atomic mass is 9.91. The highest BCUT2D eigenvalue weighted by atomic mass is 16.1. The van der Waals surface area contributed by atoms with E-state index >= 15 is 0 Å². The van der Waals surface area contributed by atoms with Gasteiger partial charge in [0.15, 0.2) is 5.78 Å². The van der Waals surface area contributed by atoms with Crippen molar-refractivity contribution in [3.05, 3.63) is 35.9 Å². The van der Waals surface area contributed by atoms with E-state index < -0.39 is 0 Å². The first-order valence-electron chi connectivity index (χ1n) is 6.78. The van der Waals surface area contributed by atoms with Crippen molar-refractivity contribution < 1.29 is 4.79 Å². The van der Waals surface area contributed by atoms with Crippen molar-refractivity contribution in [1.29, 1.82) is 0 Å². The van der Waals surface area contributed by atoms with Gasteiger partial charge >= 0.3 is 0 Å². The zero-order chi connectivity index (χ0) is 12.8. The number of nitrogens with one attached hydrogen (secondary N) is 2. The van der Waals surface area contributed by atoms with Crippen LogP contribution in [0.4, 0.5) is 0 Å². The van der Waals surface area contributed by atoms with Gasteiger partial charge in [0.2, 0.25) is 0 Å². The van der Waals surface area contributed by atoms with E-state index in [1.54, 1.807) is 0 Å². The molecule has 0 bridgehead atoms. The molecule has 2 rings (SSSR count). The second-order valence-electron chi connectivity index (χ2n) is 5.01. The molecule has 0 spiro atoms. The molecule has 18 heavy (non-hydrogen) atoms. The summed E-state index contributed by atoms with van der Waals surface area (Å²) in [5.74, 6) is 0.186. The summed E-state index contributed by atoms with van der Waals surface area (Å²) in [4.78, 5) is 11.9. The van der Waals surface area contributed by atoms with Crippen LogP contribution in [-0.4, -0.2) is 31.5 Å². The Kier molecular flexibility index (Phi) is 4.90. The predicted molar refractivity (Wildman–Crippen MR) is 73.9 cm³/mol. The van der Waals surface area contributed by atoms with Crippen molar-refractivity contribution in [2.45, 2.75) is 37.8 Å². The minimum atomic E-state index is 0.186. The van der Waals surface area contributed by atoms with Gasteiger partial charge in [-0.05, 0) is 32.7 Å². The number of hydrogen-bond donors (Lipinski definition) is 2. The zero-order valence-electron chi connectivity index (χ0n) is 11.0. The highest BCUT2D eigenvalue weighted by Gasteiger charge is 2.20. The number of Topliss-reactive ketones (excluding diaryl/α,β-unsaturated/α-hetero) is 1. The van der Waals surface area contributed by atoms with Crippen molar-refractivity contribution in [3.63, 3.8) is 0 Å². The smallest absolute Gasteiger partial charge is 0.176 e. The molecule has 0 radical (unpaired) electrons. The Bertz CT molecular complexity index is 369. The summed E-state index contributed by atoms with van der Waals surface area (Å²) >= 11 is 0. The van der Waals surface area contributed by atoms with E-state index in [-0.39, 0.29) is 5.78 Å². The second-order valence-corrected chi connectivity index (χ2v) is 5.01. The van der Waals surface area contributed by atoms with Crippen molar-refractivity contribution >= 4 is 5.78 Å². The number of benzene rings is 1. The molecule has 0 saturated heterocycles. The maximum Gasteiger partial charge on any atom is 0.176 e. The summed E-state index contributed by atoms with van der Waals surface area (Å²) in [5, 5.41) is 6.71. The molecule has 3 nitrogen and oxygen atoms in total. The minimum Gasteiger partial charge on any atom is -0.317 e. The third-order valence-electron chi connectivity index (χ3n) is 3.78. The molecule has 1 aliphatic carbocycles. The van der Waals surface area contributed by atoms with Crippen LogP contribution in [0.5, 0.6) is 0 Å². The van der Waals surface area contributed by atoms with E-state index in [2.05, 4.69) is 10.6 Å². The molecular formula is C15H22N2O. The maximum absolute atomic E-state index is 11.9. The van der Waals surface area contributed by atoms with Gasteiger partial charge in [-0.15, -0.1) is 0 Å². The third-order valence-corrected chi connectivity index (χ3v) is 3.78. The Morgan fingerprint density at radius 3 is 2.33 bits per heavy atom. The summed E-state index contributed by atoms with van der Waals surface area (Å²) in [6.45, 7) is 0.457. The summed E-state index contributed by atoms with van der Waals surface area (Å²) in [6, 6.07) is 10.7. The fraction of sp³-hybridized carbons (Fsp3) is 0.533. The summed E-state index contributed by atoms with van der Waals surface area (Å²) in [6.07, 6.45) is 4.72. The van der Waals surface area contributed by atoms with E-state index in [0.29, 0.717) is 18.6 Å². The maximum atomic E-state index is 11.9. The van der Waals surface area contributed by atoms with Crippen LogP contribution in [-0.2, 0) is 0 Å². The van der Waals surface area contributed by atoms with Crippen LogP contribution in [0.2, 0.25) is 0 Å². The molecule has 0 amide bonds. The van der Waals surface area contributed by atoms with Gasteiger partial charge in [0.1, 0.15) is 0 Å². The summed E-state index contributed by atoms with van der Waals surface area (Å²) in [7, 11) is 2.03. The van der Waals surface area contributed by atoms with Crippen LogP contribution in [0, 0.1) is 0 Å². The Morgan fingerprint density at radius 1 is 1.11 bits per heavy atom. The first-order valence-corrected chi connectivity index (χ1v) is 6.78. The van der Waals surface area contributed by atoms with E-state index in [9.17, 15) is 4.79 Å². The molecule has 0 heterocycles. The molecular weight excluding hydrogens is 224 g/mol. The normalized spacial score (nSPS) is 23.8. The SMILES string of the molecule is CNC1CCC(NCC(=O)c2ccccc2)CC1. The topological polar surface area (TPSA) is 41.1 Å². The summed E-state index contributed by atoms with van der Waals surface area (Å²) in [5.41, 5.74) is 0.800. The highest BCUT2D eigenvalue weighted by Crippen LogP contribution is 2.18. The minimum absolute atomic E-state index is 0.186. The Balaban J connectivity index is 1.74. The van der Waals surface area contributed by atoms with Gasteiger partial charge < -0.3 is 10.6 Å². The molecule has 0 aliphatic heterocycles. The molecule has 1 aliphatic rings. The van der Waals surface area contributed by atoms with Gasteiger partial charge in [-0.2, -0.15) is 0 Å². The van der Waals surface area contributed by atoms with Crippen molar-refractivity contribution in [2.75, 3.05) is 13.6 Å². The molecule has 1 aromatic rings. The average molecular weight is 246 g/mol. The Labute approximate surface area is 109 Å². The lowest BCUT2D eigenvalue weighted by Gasteiger charge is -2.28. The molecule has 2 N–H and O–H groups in total. The fourth-order valence-electron chi connectivity index (χ4n) is 2.55. The number of ketones is 1. The largest absolute Gasteiger partial charge is 0.317 e. The van der Waals surface area contributed by atoms with E-state index in [1.165, 1.54) is 12.8 Å². The van der Waals surface area contributed by atoms with Crippen LogP contribution < -0.4 is 10.6 Å². The van der Waals surface area contributed by atoms with Crippen molar-refractivity contribution in [1.82, 2.24) is 10.6 Å². The molecule has 1 aromatic carbocycles. The molecule has 0 unspecified atom stereocenters. The Morgan fingerprint density at radius 2 is 1.72 bits per heavy atom. The van der Waals surface area contributed by atoms with Crippen LogP contribution in [0.1, 0.15) is 36.0 Å². The quantitative estimate of drug-likeness (QED) is 0.781. The predicted octanol–water partition coefficient (Wildman–Crippen LogP) is 1.99. The van der Waals surface area contributed by atoms with Crippen molar-refractivity contribution in [3.8, 4) is 0 Å². The van der Waals surface area contributed by atoms with E-state index in [0.717, 1.165) is 18.4 Å². The molecule has 98 valence electrons. The average Bonchev–Trinajstić information content (AvgIpc) is 2.46. The Hall–Kier alpha value is -1.19. The van der Waals surface area contributed by atoms with E-state index in [1.807, 2.05) is 37.4 Å². The van der Waals surface area contributed by atoms with E-state index in [4.69, 9.17) is 0 Å². The highest BCUT2D eigenvalue weighted by molar-refractivity contribution is 5.97. The molecule has 3 heteroatoms.